The number of aromatic nitrogens is 1. The Labute approximate surface area is 183 Å². The van der Waals surface area contributed by atoms with Crippen molar-refractivity contribution in [2.75, 3.05) is 5.32 Å². The summed E-state index contributed by atoms with van der Waals surface area (Å²) in [5.41, 5.74) is 1.78. The number of halogens is 2. The fourth-order valence-corrected chi connectivity index (χ4v) is 3.05. The lowest BCUT2D eigenvalue weighted by molar-refractivity contribution is 0.0949. The Hall–Kier alpha value is -3.81. The minimum Gasteiger partial charge on any atom is -0.481 e. The molecule has 1 aliphatic carbocycles. The second-order valence-corrected chi connectivity index (χ2v) is 7.61. The first kappa shape index (κ1) is 21.4. The normalized spacial score (nSPS) is 12.8. The highest BCUT2D eigenvalue weighted by molar-refractivity contribution is 6.05. The molecule has 0 bridgehead atoms. The van der Waals surface area contributed by atoms with E-state index < -0.39 is 23.3 Å². The summed E-state index contributed by atoms with van der Waals surface area (Å²) in [6.07, 6.45) is 3.46. The van der Waals surface area contributed by atoms with Crippen LogP contribution in [0.15, 0.2) is 54.7 Å². The van der Waals surface area contributed by atoms with Crippen LogP contribution >= 0.6 is 0 Å². The van der Waals surface area contributed by atoms with Crippen LogP contribution in [0.2, 0.25) is 0 Å². The summed E-state index contributed by atoms with van der Waals surface area (Å²) in [6, 6.07) is 12.0. The second kappa shape index (κ2) is 9.13. The predicted octanol–water partition coefficient (Wildman–Crippen LogP) is 4.39. The number of amides is 2. The number of nitrogens with one attached hydrogen (secondary N) is 2. The first-order valence-corrected chi connectivity index (χ1v) is 10.2. The van der Waals surface area contributed by atoms with Crippen molar-refractivity contribution in [1.29, 1.82) is 0 Å². The van der Waals surface area contributed by atoms with E-state index in [2.05, 4.69) is 15.6 Å². The molecule has 4 rings (SSSR count). The average molecular weight is 437 g/mol. The van der Waals surface area contributed by atoms with Crippen molar-refractivity contribution in [2.45, 2.75) is 32.4 Å². The molecule has 1 aliphatic rings. The van der Waals surface area contributed by atoms with E-state index in [4.69, 9.17) is 4.74 Å². The highest BCUT2D eigenvalue weighted by Crippen LogP contribution is 2.26. The standard InChI is InChI=1S/C24H21F2N3O3/c1-14-5-6-15(23(30)28-17-7-8-17)12-21(14)29-24(31)16-10-19(25)22(20(26)11-16)32-13-18-4-2-3-9-27-18/h2-6,9-12,17H,7-8,13H2,1H3,(H,28,30)(H,29,31). The van der Waals surface area contributed by atoms with Crippen molar-refractivity contribution in [3.63, 3.8) is 0 Å². The van der Waals surface area contributed by atoms with Crippen LogP contribution in [0.4, 0.5) is 14.5 Å². The van der Waals surface area contributed by atoms with Gasteiger partial charge in [-0.25, -0.2) is 8.78 Å². The molecule has 1 heterocycles. The highest BCUT2D eigenvalue weighted by Gasteiger charge is 2.24. The van der Waals surface area contributed by atoms with E-state index in [1.807, 2.05) is 0 Å². The minimum atomic E-state index is -1.000. The van der Waals surface area contributed by atoms with Gasteiger partial charge in [-0.2, -0.15) is 0 Å². The Balaban J connectivity index is 1.48. The highest BCUT2D eigenvalue weighted by atomic mass is 19.1. The van der Waals surface area contributed by atoms with Crippen molar-refractivity contribution in [3.8, 4) is 5.75 Å². The molecule has 2 aromatic carbocycles. The van der Waals surface area contributed by atoms with Crippen molar-refractivity contribution in [3.05, 3.63) is 88.7 Å². The monoisotopic (exact) mass is 437 g/mol. The van der Waals surface area contributed by atoms with Crippen molar-refractivity contribution < 1.29 is 23.1 Å². The number of anilines is 1. The fraction of sp³-hybridized carbons (Fsp3) is 0.208. The third-order valence-corrected chi connectivity index (χ3v) is 5.01. The van der Waals surface area contributed by atoms with Crippen LogP contribution in [0.5, 0.6) is 5.75 Å². The summed E-state index contributed by atoms with van der Waals surface area (Å²) < 4.78 is 34.2. The van der Waals surface area contributed by atoms with Gasteiger partial charge in [0.15, 0.2) is 17.4 Å². The van der Waals surface area contributed by atoms with E-state index in [1.54, 1.807) is 49.5 Å². The molecule has 0 radical (unpaired) electrons. The third kappa shape index (κ3) is 5.08. The van der Waals surface area contributed by atoms with Crippen LogP contribution in [0, 0.1) is 18.6 Å². The first-order chi connectivity index (χ1) is 15.4. The average Bonchev–Trinajstić information content (AvgIpc) is 3.59. The van der Waals surface area contributed by atoms with Crippen LogP contribution in [-0.4, -0.2) is 22.8 Å². The number of rotatable bonds is 7. The fourth-order valence-electron chi connectivity index (χ4n) is 3.05. The lowest BCUT2D eigenvalue weighted by Crippen LogP contribution is -2.25. The maximum atomic E-state index is 14.5. The molecule has 6 nitrogen and oxygen atoms in total. The van der Waals surface area contributed by atoms with Gasteiger partial charge in [0.2, 0.25) is 0 Å². The number of benzene rings is 2. The molecule has 0 unspecified atom stereocenters. The quantitative estimate of drug-likeness (QED) is 0.575. The largest absolute Gasteiger partial charge is 0.481 e. The Morgan fingerprint density at radius 1 is 1.03 bits per heavy atom. The molecule has 0 saturated heterocycles. The van der Waals surface area contributed by atoms with E-state index in [0.717, 1.165) is 25.0 Å². The minimum absolute atomic E-state index is 0.116. The zero-order valence-corrected chi connectivity index (χ0v) is 17.3. The van der Waals surface area contributed by atoms with Gasteiger partial charge in [-0.1, -0.05) is 12.1 Å². The topological polar surface area (TPSA) is 80.3 Å². The molecule has 32 heavy (non-hydrogen) atoms. The Bertz CT molecular complexity index is 1140. The summed E-state index contributed by atoms with van der Waals surface area (Å²) in [7, 11) is 0. The zero-order chi connectivity index (χ0) is 22.7. The molecule has 8 heteroatoms. The van der Waals surface area contributed by atoms with Gasteiger partial charge in [0.25, 0.3) is 11.8 Å². The number of hydrogen-bond donors (Lipinski definition) is 2. The van der Waals surface area contributed by atoms with Crippen LogP contribution in [0.1, 0.15) is 44.8 Å². The Morgan fingerprint density at radius 2 is 1.78 bits per heavy atom. The number of aryl methyl sites for hydroxylation is 1. The maximum absolute atomic E-state index is 14.5. The molecular weight excluding hydrogens is 416 g/mol. The number of carbonyl (C=O) groups excluding carboxylic acids is 2. The van der Waals surface area contributed by atoms with E-state index in [1.165, 1.54) is 0 Å². The van der Waals surface area contributed by atoms with Crippen molar-refractivity contribution in [1.82, 2.24) is 10.3 Å². The van der Waals surface area contributed by atoms with E-state index >= 15 is 0 Å². The van der Waals surface area contributed by atoms with Crippen LogP contribution in [0.25, 0.3) is 0 Å². The SMILES string of the molecule is Cc1ccc(C(=O)NC2CC2)cc1NC(=O)c1cc(F)c(OCc2ccccn2)c(F)c1. The maximum Gasteiger partial charge on any atom is 0.255 e. The Morgan fingerprint density at radius 3 is 2.44 bits per heavy atom. The zero-order valence-electron chi connectivity index (χ0n) is 17.3. The molecular formula is C24H21F2N3O3. The molecule has 0 aliphatic heterocycles. The van der Waals surface area contributed by atoms with E-state index in [-0.39, 0.29) is 24.1 Å². The summed E-state index contributed by atoms with van der Waals surface area (Å²) in [5.74, 6) is -3.51. The summed E-state index contributed by atoms with van der Waals surface area (Å²) in [6.45, 7) is 1.64. The van der Waals surface area contributed by atoms with Crippen LogP contribution < -0.4 is 15.4 Å². The number of ether oxygens (including phenoxy) is 1. The number of pyridine rings is 1. The lowest BCUT2D eigenvalue weighted by Gasteiger charge is -2.12. The van der Waals surface area contributed by atoms with Crippen molar-refractivity contribution >= 4 is 17.5 Å². The summed E-state index contributed by atoms with van der Waals surface area (Å²) >= 11 is 0. The van der Waals surface area contributed by atoms with Gasteiger partial charge in [-0.15, -0.1) is 0 Å². The summed E-state index contributed by atoms with van der Waals surface area (Å²) in [4.78, 5) is 28.9. The molecule has 1 fully saturated rings. The molecule has 3 aromatic rings. The molecule has 1 saturated carbocycles. The number of hydrogen-bond acceptors (Lipinski definition) is 4. The van der Waals surface area contributed by atoms with Gasteiger partial charge in [-0.05, 0) is 61.7 Å². The van der Waals surface area contributed by atoms with Gasteiger partial charge in [0, 0.05) is 29.1 Å². The molecule has 2 amide bonds. The summed E-state index contributed by atoms with van der Waals surface area (Å²) in [5, 5.41) is 5.50. The third-order valence-electron chi connectivity index (χ3n) is 5.01. The molecule has 1 aromatic heterocycles. The molecule has 164 valence electrons. The van der Waals surface area contributed by atoms with Gasteiger partial charge in [0.05, 0.1) is 5.69 Å². The molecule has 0 atom stereocenters. The number of nitrogens with zero attached hydrogens (tertiary/aromatic N) is 1. The molecule has 0 spiro atoms. The van der Waals surface area contributed by atoms with E-state index in [0.29, 0.717) is 22.5 Å². The van der Waals surface area contributed by atoms with Crippen LogP contribution in [0.3, 0.4) is 0 Å². The lowest BCUT2D eigenvalue weighted by atomic mass is 10.1. The number of carbonyl (C=O) groups is 2. The van der Waals surface area contributed by atoms with Crippen LogP contribution in [-0.2, 0) is 6.61 Å². The van der Waals surface area contributed by atoms with Gasteiger partial charge < -0.3 is 15.4 Å². The first-order valence-electron chi connectivity index (χ1n) is 10.2. The predicted molar refractivity (Wildman–Crippen MR) is 115 cm³/mol. The van der Waals surface area contributed by atoms with Gasteiger partial charge in [-0.3, -0.25) is 14.6 Å². The van der Waals surface area contributed by atoms with E-state index in [9.17, 15) is 18.4 Å². The Kier molecular flexibility index (Phi) is 6.11. The van der Waals surface area contributed by atoms with Gasteiger partial charge in [0.1, 0.15) is 6.61 Å². The van der Waals surface area contributed by atoms with Crippen molar-refractivity contribution in [2.24, 2.45) is 0 Å². The molecule has 2 N–H and O–H groups in total. The smallest absolute Gasteiger partial charge is 0.255 e. The second-order valence-electron chi connectivity index (χ2n) is 7.61. The van der Waals surface area contributed by atoms with Gasteiger partial charge >= 0.3 is 0 Å².